The maximum Gasteiger partial charge on any atom is 0.249 e. The van der Waals surface area contributed by atoms with E-state index in [0.29, 0.717) is 25.3 Å². The van der Waals surface area contributed by atoms with Crippen molar-refractivity contribution in [1.29, 1.82) is 0 Å². The van der Waals surface area contributed by atoms with Crippen LogP contribution in [0.3, 0.4) is 0 Å². The fraction of sp³-hybridized carbons (Fsp3) is 0.381. The lowest BCUT2D eigenvalue weighted by molar-refractivity contribution is 0.143. The summed E-state index contributed by atoms with van der Waals surface area (Å²) >= 11 is 0. The number of sulfonamides is 1. The third kappa shape index (κ3) is 3.82. The maximum atomic E-state index is 13.6. The number of hydrogen-bond acceptors (Lipinski definition) is 7. The van der Waals surface area contributed by atoms with E-state index in [1.165, 1.54) is 4.31 Å². The number of rotatable bonds is 5. The van der Waals surface area contributed by atoms with E-state index in [2.05, 4.69) is 20.0 Å². The summed E-state index contributed by atoms with van der Waals surface area (Å²) in [5.41, 5.74) is 1.79. The predicted octanol–water partition coefficient (Wildman–Crippen LogP) is 1.53. The second kappa shape index (κ2) is 8.03. The van der Waals surface area contributed by atoms with E-state index in [1.54, 1.807) is 24.5 Å². The van der Waals surface area contributed by atoms with Crippen molar-refractivity contribution in [3.8, 4) is 5.88 Å². The van der Waals surface area contributed by atoms with Crippen molar-refractivity contribution in [3.63, 3.8) is 0 Å². The Morgan fingerprint density at radius 2 is 1.97 bits per heavy atom. The van der Waals surface area contributed by atoms with Crippen LogP contribution in [0.2, 0.25) is 0 Å². The first-order chi connectivity index (χ1) is 15.0. The predicted molar refractivity (Wildman–Crippen MR) is 113 cm³/mol. The minimum absolute atomic E-state index is 0.108. The van der Waals surface area contributed by atoms with E-state index >= 15 is 0 Å². The zero-order chi connectivity index (χ0) is 21.4. The molecule has 2 aliphatic rings. The second-order valence-corrected chi connectivity index (χ2v) is 9.66. The molecule has 2 atom stereocenters. The zero-order valence-electron chi connectivity index (χ0n) is 17.2. The molecule has 1 saturated heterocycles. The standard InChI is InChI=1S/C21H24N6O3S/c1-2-26-12-16(10-24-26)11-25-14-18-19(15-25)30-21-20(7-5-9-23-21)31(28,29)27(18)13-17-6-3-4-8-22-17/h3-10,12,18-19H,2,11,13-15H2,1H3/t18-,19+/m0/s1. The van der Waals surface area contributed by atoms with Crippen molar-refractivity contribution in [1.82, 2.24) is 29.0 Å². The summed E-state index contributed by atoms with van der Waals surface area (Å²) in [4.78, 5) is 10.9. The van der Waals surface area contributed by atoms with Gasteiger partial charge in [0.2, 0.25) is 15.9 Å². The van der Waals surface area contributed by atoms with Gasteiger partial charge < -0.3 is 4.74 Å². The summed E-state index contributed by atoms with van der Waals surface area (Å²) < 4.78 is 36.8. The smallest absolute Gasteiger partial charge is 0.249 e. The highest BCUT2D eigenvalue weighted by Gasteiger charge is 2.47. The van der Waals surface area contributed by atoms with E-state index in [1.807, 2.05) is 42.2 Å². The summed E-state index contributed by atoms with van der Waals surface area (Å²) in [7, 11) is -3.81. The lowest BCUT2D eigenvalue weighted by Crippen LogP contribution is -2.46. The number of hydrogen-bond donors (Lipinski definition) is 0. The molecule has 162 valence electrons. The molecule has 5 heterocycles. The molecule has 0 bridgehead atoms. The highest BCUT2D eigenvalue weighted by molar-refractivity contribution is 7.89. The number of nitrogens with zero attached hydrogens (tertiary/aromatic N) is 6. The molecule has 31 heavy (non-hydrogen) atoms. The van der Waals surface area contributed by atoms with Gasteiger partial charge in [0.25, 0.3) is 0 Å². The Balaban J connectivity index is 1.48. The number of aryl methyl sites for hydroxylation is 1. The van der Waals surface area contributed by atoms with Gasteiger partial charge in [-0.05, 0) is 31.2 Å². The van der Waals surface area contributed by atoms with Crippen LogP contribution in [0.4, 0.5) is 0 Å². The number of pyridine rings is 2. The Bertz CT molecular complexity index is 1170. The van der Waals surface area contributed by atoms with Crippen LogP contribution in [0.25, 0.3) is 0 Å². The Morgan fingerprint density at radius 3 is 2.74 bits per heavy atom. The van der Waals surface area contributed by atoms with Gasteiger partial charge >= 0.3 is 0 Å². The largest absolute Gasteiger partial charge is 0.470 e. The molecule has 0 radical (unpaired) electrons. The van der Waals surface area contributed by atoms with Gasteiger partial charge in [-0.2, -0.15) is 9.40 Å². The molecule has 3 aromatic rings. The third-order valence-electron chi connectivity index (χ3n) is 5.73. The number of fused-ring (bicyclic) bond motifs is 2. The van der Waals surface area contributed by atoms with Gasteiger partial charge in [-0.15, -0.1) is 0 Å². The monoisotopic (exact) mass is 440 g/mol. The quantitative estimate of drug-likeness (QED) is 0.594. The Kier molecular flexibility index (Phi) is 5.20. The van der Waals surface area contributed by atoms with Crippen LogP contribution < -0.4 is 4.74 Å². The van der Waals surface area contributed by atoms with E-state index < -0.39 is 10.0 Å². The number of likely N-dealkylation sites (tertiary alicyclic amines) is 1. The maximum absolute atomic E-state index is 13.6. The molecule has 5 rings (SSSR count). The second-order valence-electron chi connectivity index (χ2n) is 7.80. The van der Waals surface area contributed by atoms with E-state index in [-0.39, 0.29) is 29.5 Å². The summed E-state index contributed by atoms with van der Waals surface area (Å²) in [5.74, 6) is 0.168. The van der Waals surface area contributed by atoms with Crippen LogP contribution in [0, 0.1) is 0 Å². The first kappa shape index (κ1) is 20.1. The fourth-order valence-electron chi connectivity index (χ4n) is 4.24. The zero-order valence-corrected chi connectivity index (χ0v) is 18.0. The Labute approximate surface area is 181 Å². The molecular weight excluding hydrogens is 416 g/mol. The minimum atomic E-state index is -3.81. The molecule has 3 aromatic heterocycles. The molecule has 9 nitrogen and oxygen atoms in total. The molecule has 0 amide bonds. The summed E-state index contributed by atoms with van der Waals surface area (Å²) in [5, 5.41) is 4.34. The van der Waals surface area contributed by atoms with Crippen molar-refractivity contribution in [3.05, 3.63) is 66.4 Å². The first-order valence-electron chi connectivity index (χ1n) is 10.3. The highest BCUT2D eigenvalue weighted by atomic mass is 32.2. The van der Waals surface area contributed by atoms with E-state index in [0.717, 1.165) is 12.1 Å². The molecule has 1 fully saturated rings. The van der Waals surface area contributed by atoms with Crippen LogP contribution in [0.15, 0.2) is 60.0 Å². The van der Waals surface area contributed by atoms with Crippen molar-refractivity contribution < 1.29 is 13.2 Å². The Morgan fingerprint density at radius 1 is 1.10 bits per heavy atom. The normalized spacial score (nSPS) is 23.0. The summed E-state index contributed by atoms with van der Waals surface area (Å²) in [6, 6.07) is 8.36. The topological polar surface area (TPSA) is 93.5 Å². The minimum Gasteiger partial charge on any atom is -0.470 e. The van der Waals surface area contributed by atoms with Crippen molar-refractivity contribution in [2.24, 2.45) is 0 Å². The molecule has 0 N–H and O–H groups in total. The number of aromatic nitrogens is 4. The van der Waals surface area contributed by atoms with E-state index in [9.17, 15) is 8.42 Å². The van der Waals surface area contributed by atoms with Gasteiger partial charge in [-0.3, -0.25) is 14.6 Å². The SMILES string of the molecule is CCn1cc(CN2C[C@H]3Oc4ncccc4S(=O)(=O)N(Cc4ccccn4)[C@H]3C2)cn1. The first-order valence-corrected chi connectivity index (χ1v) is 11.8. The van der Waals surface area contributed by atoms with Gasteiger partial charge in [0.05, 0.1) is 24.5 Å². The van der Waals surface area contributed by atoms with Gasteiger partial charge in [-0.25, -0.2) is 13.4 Å². The molecule has 0 saturated carbocycles. The van der Waals surface area contributed by atoms with Crippen LogP contribution in [0.5, 0.6) is 5.88 Å². The van der Waals surface area contributed by atoms with Crippen molar-refractivity contribution in [2.75, 3.05) is 13.1 Å². The molecule has 2 aliphatic heterocycles. The van der Waals surface area contributed by atoms with Gasteiger partial charge in [0.15, 0.2) is 0 Å². The van der Waals surface area contributed by atoms with Gasteiger partial charge in [0.1, 0.15) is 11.0 Å². The Hall–Kier alpha value is -2.82. The molecule has 0 unspecified atom stereocenters. The summed E-state index contributed by atoms with van der Waals surface area (Å²) in [6.45, 7) is 4.89. The highest BCUT2D eigenvalue weighted by Crippen LogP contribution is 2.35. The molecule has 10 heteroatoms. The lowest BCUT2D eigenvalue weighted by Gasteiger charge is -2.27. The van der Waals surface area contributed by atoms with Crippen LogP contribution >= 0.6 is 0 Å². The van der Waals surface area contributed by atoms with Crippen molar-refractivity contribution in [2.45, 2.75) is 43.6 Å². The van der Waals surface area contributed by atoms with Crippen LogP contribution in [-0.2, 0) is 29.7 Å². The molecule has 0 aromatic carbocycles. The average molecular weight is 441 g/mol. The molecular formula is C21H24N6O3S. The fourth-order valence-corrected chi connectivity index (χ4v) is 5.92. The van der Waals surface area contributed by atoms with Crippen molar-refractivity contribution >= 4 is 10.0 Å². The summed E-state index contributed by atoms with van der Waals surface area (Å²) in [6.07, 6.45) is 6.79. The molecule has 0 aliphatic carbocycles. The average Bonchev–Trinajstić information content (AvgIpc) is 3.38. The van der Waals surface area contributed by atoms with Crippen LogP contribution in [0.1, 0.15) is 18.2 Å². The van der Waals surface area contributed by atoms with Gasteiger partial charge in [-0.1, -0.05) is 6.07 Å². The lowest BCUT2D eigenvalue weighted by atomic mass is 10.2. The molecule has 0 spiro atoms. The number of ether oxygens (including phenoxy) is 1. The van der Waals surface area contributed by atoms with Crippen LogP contribution in [-0.4, -0.2) is 62.6 Å². The van der Waals surface area contributed by atoms with E-state index in [4.69, 9.17) is 4.74 Å². The third-order valence-corrected chi connectivity index (χ3v) is 7.61. The van der Waals surface area contributed by atoms with Gasteiger partial charge in [0, 0.05) is 50.3 Å².